The number of amides is 2. The summed E-state index contributed by atoms with van der Waals surface area (Å²) >= 11 is 12.5. The molecule has 2 amide bonds. The van der Waals surface area contributed by atoms with Gasteiger partial charge in [0.15, 0.2) is 17.4 Å². The molecule has 0 aliphatic carbocycles. The zero-order valence-electron chi connectivity index (χ0n) is 23.6. The summed E-state index contributed by atoms with van der Waals surface area (Å²) in [6.45, 7) is 2.93. The fourth-order valence-electron chi connectivity index (χ4n) is 4.49. The van der Waals surface area contributed by atoms with Crippen molar-refractivity contribution in [1.82, 2.24) is 30.3 Å². The second-order valence-electron chi connectivity index (χ2n) is 9.72. The van der Waals surface area contributed by atoms with Gasteiger partial charge < -0.3 is 32.7 Å². The van der Waals surface area contributed by atoms with Crippen molar-refractivity contribution in [2.45, 2.75) is 32.2 Å². The Balaban J connectivity index is 1.35. The molecule has 0 saturated heterocycles. The van der Waals surface area contributed by atoms with Gasteiger partial charge in [-0.2, -0.15) is 0 Å². The normalized spacial score (nSPS) is 11.6. The molecule has 0 radical (unpaired) electrons. The van der Waals surface area contributed by atoms with Crippen molar-refractivity contribution in [2.75, 3.05) is 25.0 Å². The number of nitrogens with zero attached hydrogens (tertiary/aromatic N) is 3. The minimum Gasteiger partial charge on any atom is -0.370 e. The van der Waals surface area contributed by atoms with Crippen molar-refractivity contribution in [2.24, 2.45) is 11.5 Å². The molecule has 43 heavy (non-hydrogen) atoms. The number of anilines is 2. The minimum atomic E-state index is -0.680. The van der Waals surface area contributed by atoms with E-state index < -0.39 is 6.04 Å². The predicted octanol–water partition coefficient (Wildman–Crippen LogP) is 3.45. The Labute approximate surface area is 259 Å². The fourth-order valence-corrected chi connectivity index (χ4v) is 5.00. The van der Waals surface area contributed by atoms with Gasteiger partial charge in [-0.15, -0.1) is 0 Å². The average molecular weight is 626 g/mol. The first-order valence-corrected chi connectivity index (χ1v) is 14.5. The molecular formula is C29H34Cl2N10O2. The topological polar surface area (TPSA) is 188 Å². The lowest BCUT2D eigenvalue weighted by molar-refractivity contribution is -0.122. The Bertz CT molecular complexity index is 1620. The van der Waals surface area contributed by atoms with Gasteiger partial charge in [-0.3, -0.25) is 19.4 Å². The number of benzene rings is 2. The van der Waals surface area contributed by atoms with Gasteiger partial charge >= 0.3 is 0 Å². The van der Waals surface area contributed by atoms with Crippen LogP contribution in [0.2, 0.25) is 10.0 Å². The summed E-state index contributed by atoms with van der Waals surface area (Å²) in [4.78, 5) is 34.1. The number of nitrogens with one attached hydrogen (secondary N) is 5. The molecule has 14 heteroatoms. The Kier molecular flexibility index (Phi) is 10.8. The number of guanidine groups is 1. The van der Waals surface area contributed by atoms with Crippen LogP contribution >= 0.6 is 23.2 Å². The Morgan fingerprint density at radius 3 is 2.58 bits per heavy atom. The molecule has 2 aromatic heterocycles. The lowest BCUT2D eigenvalue weighted by atomic mass is 10.0. The van der Waals surface area contributed by atoms with E-state index in [1.54, 1.807) is 36.7 Å². The molecule has 0 saturated carbocycles. The van der Waals surface area contributed by atoms with E-state index in [1.807, 2.05) is 29.7 Å². The molecule has 226 valence electrons. The maximum absolute atomic E-state index is 12.9. The third-order valence-electron chi connectivity index (χ3n) is 6.68. The van der Waals surface area contributed by atoms with Crippen LogP contribution in [0.25, 0.3) is 16.9 Å². The molecule has 2 heterocycles. The largest absolute Gasteiger partial charge is 0.370 e. The zero-order valence-corrected chi connectivity index (χ0v) is 25.1. The Morgan fingerprint density at radius 1 is 1.05 bits per heavy atom. The van der Waals surface area contributed by atoms with Crippen LogP contribution in [0.1, 0.15) is 35.7 Å². The van der Waals surface area contributed by atoms with Gasteiger partial charge in [0, 0.05) is 53.9 Å². The van der Waals surface area contributed by atoms with Crippen LogP contribution in [-0.4, -0.2) is 57.8 Å². The summed E-state index contributed by atoms with van der Waals surface area (Å²) in [5.74, 6) is -0.117. The highest BCUT2D eigenvalue weighted by molar-refractivity contribution is 6.36. The van der Waals surface area contributed by atoms with Crippen molar-refractivity contribution in [3.63, 3.8) is 0 Å². The van der Waals surface area contributed by atoms with Gasteiger partial charge in [-0.1, -0.05) is 30.1 Å². The summed E-state index contributed by atoms with van der Waals surface area (Å²) < 4.78 is 1.89. The summed E-state index contributed by atoms with van der Waals surface area (Å²) in [5.41, 5.74) is 15.5. The number of aryl methyl sites for hydroxylation is 1. The minimum absolute atomic E-state index is 0.120. The van der Waals surface area contributed by atoms with E-state index in [-0.39, 0.29) is 30.9 Å². The molecule has 0 bridgehead atoms. The smallest absolute Gasteiger partial charge is 0.251 e. The molecule has 4 rings (SSSR count). The maximum atomic E-state index is 12.9. The molecule has 1 atom stereocenters. The van der Waals surface area contributed by atoms with E-state index in [2.05, 4.69) is 31.2 Å². The van der Waals surface area contributed by atoms with E-state index in [1.165, 1.54) is 0 Å². The van der Waals surface area contributed by atoms with Crippen LogP contribution in [0.4, 0.5) is 11.5 Å². The molecule has 12 nitrogen and oxygen atoms in total. The second kappa shape index (κ2) is 14.7. The van der Waals surface area contributed by atoms with Crippen molar-refractivity contribution < 1.29 is 9.59 Å². The SMILES string of the molecule is CCc1cc(Nc2nccn3c(-c4ccc(Cl)cc4Cl)cnc23)ccc1C(=O)NCCNC(=O)[C@H](N)CCCNC(=N)N. The van der Waals surface area contributed by atoms with E-state index in [0.717, 1.165) is 22.5 Å². The van der Waals surface area contributed by atoms with E-state index >= 15 is 0 Å². The van der Waals surface area contributed by atoms with Crippen molar-refractivity contribution in [3.8, 4) is 11.3 Å². The quantitative estimate of drug-likeness (QED) is 0.0668. The second-order valence-corrected chi connectivity index (χ2v) is 10.6. The maximum Gasteiger partial charge on any atom is 0.251 e. The summed E-state index contributed by atoms with van der Waals surface area (Å²) in [6, 6.07) is 10.1. The number of fused-ring (bicyclic) bond motifs is 1. The molecular weight excluding hydrogens is 591 g/mol. The zero-order chi connectivity index (χ0) is 30.9. The number of rotatable bonds is 13. The Morgan fingerprint density at radius 2 is 1.84 bits per heavy atom. The van der Waals surface area contributed by atoms with E-state index in [0.29, 0.717) is 52.9 Å². The van der Waals surface area contributed by atoms with Gasteiger partial charge in [0.25, 0.3) is 5.91 Å². The van der Waals surface area contributed by atoms with E-state index in [9.17, 15) is 9.59 Å². The molecule has 4 aromatic rings. The van der Waals surface area contributed by atoms with E-state index in [4.69, 9.17) is 40.1 Å². The number of hydrogen-bond acceptors (Lipinski definition) is 7. The number of nitrogens with two attached hydrogens (primary N) is 2. The predicted molar refractivity (Wildman–Crippen MR) is 170 cm³/mol. The number of halogens is 2. The lowest BCUT2D eigenvalue weighted by Crippen LogP contribution is -2.44. The molecule has 2 aromatic carbocycles. The number of hydrogen-bond donors (Lipinski definition) is 7. The fraction of sp³-hybridized carbons (Fsp3) is 0.276. The number of aromatic nitrogens is 3. The highest BCUT2D eigenvalue weighted by atomic mass is 35.5. The van der Waals surface area contributed by atoms with Gasteiger partial charge in [0.2, 0.25) is 5.91 Å². The van der Waals surface area contributed by atoms with Gasteiger partial charge in [-0.05, 0) is 61.2 Å². The first-order valence-electron chi connectivity index (χ1n) is 13.7. The van der Waals surface area contributed by atoms with Crippen LogP contribution in [0.5, 0.6) is 0 Å². The third-order valence-corrected chi connectivity index (χ3v) is 7.23. The third kappa shape index (κ3) is 8.13. The number of carbonyl (C=O) groups is 2. The summed E-state index contributed by atoms with van der Waals surface area (Å²) in [5, 5.41) is 19.8. The summed E-state index contributed by atoms with van der Waals surface area (Å²) in [6.07, 6.45) is 6.88. The lowest BCUT2D eigenvalue weighted by Gasteiger charge is -2.14. The highest BCUT2D eigenvalue weighted by Crippen LogP contribution is 2.32. The average Bonchev–Trinajstić information content (AvgIpc) is 3.42. The molecule has 0 unspecified atom stereocenters. The van der Waals surface area contributed by atoms with Crippen LogP contribution in [-0.2, 0) is 11.2 Å². The standard InChI is InChI=1S/C29H34Cl2N10O2/c1-2-17-14-19(6-8-20(17)27(42)36-10-11-37-28(43)23(32)4-3-9-38-29(33)34)40-25-26-39-16-24(41(26)13-12-35-25)21-7-5-18(30)15-22(21)31/h5-8,12-16,23H,2-4,9-11,32H2,1H3,(H,35,40)(H,36,42)(H,37,43)(H4,33,34,38)/t23-/m1/s1. The highest BCUT2D eigenvalue weighted by Gasteiger charge is 2.16. The molecule has 0 fully saturated rings. The molecule has 0 spiro atoms. The van der Waals surface area contributed by atoms with Gasteiger partial charge in [-0.25, -0.2) is 9.97 Å². The van der Waals surface area contributed by atoms with Crippen LogP contribution in [0, 0.1) is 5.41 Å². The Hall–Kier alpha value is -4.39. The van der Waals surface area contributed by atoms with Crippen LogP contribution < -0.4 is 32.7 Å². The van der Waals surface area contributed by atoms with Crippen LogP contribution in [0.3, 0.4) is 0 Å². The van der Waals surface area contributed by atoms with Gasteiger partial charge in [0.1, 0.15) is 0 Å². The van der Waals surface area contributed by atoms with Crippen molar-refractivity contribution >= 4 is 58.1 Å². The van der Waals surface area contributed by atoms with Gasteiger partial charge in [0.05, 0.1) is 23.0 Å². The first kappa shape index (κ1) is 31.5. The monoisotopic (exact) mass is 624 g/mol. The molecule has 9 N–H and O–H groups in total. The number of imidazole rings is 1. The number of carbonyl (C=O) groups excluding carboxylic acids is 2. The van der Waals surface area contributed by atoms with Crippen molar-refractivity contribution in [1.29, 1.82) is 5.41 Å². The van der Waals surface area contributed by atoms with Crippen molar-refractivity contribution in [3.05, 3.63) is 76.2 Å². The first-order chi connectivity index (χ1) is 20.7. The van der Waals surface area contributed by atoms with Crippen LogP contribution in [0.15, 0.2) is 55.0 Å². The molecule has 0 aliphatic heterocycles. The molecule has 0 aliphatic rings. The summed E-state index contributed by atoms with van der Waals surface area (Å²) in [7, 11) is 0.